The first-order valence-corrected chi connectivity index (χ1v) is 11.9. The molecule has 2 aromatic rings. The van der Waals surface area contributed by atoms with Gasteiger partial charge in [0, 0.05) is 40.5 Å². The van der Waals surface area contributed by atoms with Crippen molar-refractivity contribution in [3.05, 3.63) is 63.1 Å². The quantitative estimate of drug-likeness (QED) is 0.503. The maximum Gasteiger partial charge on any atom is 0.319 e. The van der Waals surface area contributed by atoms with E-state index in [1.807, 2.05) is 43.3 Å². The highest BCUT2D eigenvalue weighted by Gasteiger charge is 2.33. The van der Waals surface area contributed by atoms with Crippen molar-refractivity contribution in [3.8, 4) is 0 Å². The number of hydrogen-bond acceptors (Lipinski definition) is 4. The van der Waals surface area contributed by atoms with E-state index < -0.39 is 0 Å². The largest absolute Gasteiger partial charge is 0.334 e. The topological polar surface area (TPSA) is 104 Å². The number of fused-ring (bicyclic) bond motifs is 1. The molecule has 1 saturated heterocycles. The lowest BCUT2D eigenvalue weighted by Gasteiger charge is -2.21. The van der Waals surface area contributed by atoms with Gasteiger partial charge in [-0.15, -0.1) is 0 Å². The number of anilines is 1. The van der Waals surface area contributed by atoms with E-state index in [0.29, 0.717) is 44.3 Å². The number of carbonyl (C=O) groups excluding carboxylic acids is 4. The van der Waals surface area contributed by atoms with Gasteiger partial charge in [-0.05, 0) is 67.5 Å². The number of imide groups is 1. The molecule has 0 saturated carbocycles. The number of halogens is 1. The summed E-state index contributed by atoms with van der Waals surface area (Å²) in [5.41, 5.74) is 4.38. The van der Waals surface area contributed by atoms with Gasteiger partial charge < -0.3 is 10.6 Å². The summed E-state index contributed by atoms with van der Waals surface area (Å²) in [6, 6.07) is 11.0. The van der Waals surface area contributed by atoms with E-state index in [0.717, 1.165) is 26.7 Å². The second kappa shape index (κ2) is 9.87. The molecule has 2 aromatic carbocycles. The molecule has 3 N–H and O–H groups in total. The summed E-state index contributed by atoms with van der Waals surface area (Å²) in [5.74, 6) is -0.675. The number of amides is 4. The Labute approximate surface area is 200 Å². The van der Waals surface area contributed by atoms with E-state index in [2.05, 4.69) is 31.9 Å². The molecule has 1 aliphatic heterocycles. The Morgan fingerprint density at radius 1 is 1.09 bits per heavy atom. The molecule has 0 radical (unpaired) electrons. The average molecular weight is 512 g/mol. The lowest BCUT2D eigenvalue weighted by molar-refractivity contribution is -0.136. The number of rotatable bonds is 6. The Balaban J connectivity index is 1.30. The Morgan fingerprint density at radius 2 is 1.88 bits per heavy atom. The van der Waals surface area contributed by atoms with Gasteiger partial charge in [-0.2, -0.15) is 0 Å². The van der Waals surface area contributed by atoms with Gasteiger partial charge in [0.1, 0.15) is 0 Å². The highest BCUT2D eigenvalue weighted by atomic mass is 79.9. The number of carbonyl (C=O) groups is 4. The van der Waals surface area contributed by atoms with Crippen LogP contribution in [0.4, 0.5) is 10.5 Å². The molecule has 0 bridgehead atoms. The standard InChI is InChI=1S/C25H26BrN3O4/c1-14-10-19(6-8-21(14)26)28-25(33)27-13-15-2-7-20-18(11-15)12-17(23(20)31)4-3-16-5-9-22(30)29-24(16)32/h2,6-8,10-11,16-17H,3-5,9,12-13H2,1H3,(H2,27,28,33)(H,29,30,32). The summed E-state index contributed by atoms with van der Waals surface area (Å²) in [6.07, 6.45) is 2.78. The van der Waals surface area contributed by atoms with Crippen molar-refractivity contribution in [2.45, 2.75) is 45.6 Å². The Morgan fingerprint density at radius 3 is 2.64 bits per heavy atom. The van der Waals surface area contributed by atoms with E-state index in [-0.39, 0.29) is 35.5 Å². The number of nitrogens with one attached hydrogen (secondary N) is 3. The number of aryl methyl sites for hydroxylation is 1. The normalized spacial score (nSPS) is 19.8. The predicted molar refractivity (Wildman–Crippen MR) is 128 cm³/mol. The van der Waals surface area contributed by atoms with Crippen LogP contribution in [0, 0.1) is 18.8 Å². The van der Waals surface area contributed by atoms with Gasteiger partial charge in [-0.25, -0.2) is 4.79 Å². The molecule has 2 unspecified atom stereocenters. The molecule has 0 spiro atoms. The third kappa shape index (κ3) is 5.50. The van der Waals surface area contributed by atoms with Gasteiger partial charge in [0.25, 0.3) is 0 Å². The second-order valence-electron chi connectivity index (χ2n) is 8.75. The maximum atomic E-state index is 12.8. The molecule has 1 heterocycles. The van der Waals surface area contributed by atoms with Crippen molar-refractivity contribution in [1.29, 1.82) is 0 Å². The molecule has 172 valence electrons. The van der Waals surface area contributed by atoms with Crippen molar-refractivity contribution in [2.24, 2.45) is 11.8 Å². The zero-order chi connectivity index (χ0) is 23.5. The zero-order valence-corrected chi connectivity index (χ0v) is 20.0. The number of piperidine rings is 1. The first kappa shape index (κ1) is 23.2. The van der Waals surface area contributed by atoms with Crippen molar-refractivity contribution >= 4 is 45.2 Å². The summed E-state index contributed by atoms with van der Waals surface area (Å²) < 4.78 is 0.983. The van der Waals surface area contributed by atoms with E-state index in [9.17, 15) is 19.2 Å². The second-order valence-corrected chi connectivity index (χ2v) is 9.61. The van der Waals surface area contributed by atoms with Gasteiger partial charge in [-0.1, -0.05) is 34.1 Å². The summed E-state index contributed by atoms with van der Waals surface area (Å²) in [4.78, 5) is 48.3. The number of Topliss-reactive ketones (excluding diaryl/α,β-unsaturated/α-hetero) is 1. The van der Waals surface area contributed by atoms with Gasteiger partial charge in [0.05, 0.1) is 0 Å². The minimum Gasteiger partial charge on any atom is -0.334 e. The van der Waals surface area contributed by atoms with Crippen molar-refractivity contribution < 1.29 is 19.2 Å². The smallest absolute Gasteiger partial charge is 0.319 e. The summed E-state index contributed by atoms with van der Waals surface area (Å²) >= 11 is 3.44. The molecular weight excluding hydrogens is 486 g/mol. The zero-order valence-electron chi connectivity index (χ0n) is 18.4. The summed E-state index contributed by atoms with van der Waals surface area (Å²) in [5, 5.41) is 8.05. The van der Waals surface area contributed by atoms with Gasteiger partial charge in [0.2, 0.25) is 11.8 Å². The van der Waals surface area contributed by atoms with E-state index >= 15 is 0 Å². The Hall–Kier alpha value is -3.00. The fraction of sp³-hybridized carbons (Fsp3) is 0.360. The lowest BCUT2D eigenvalue weighted by atomic mass is 9.88. The monoisotopic (exact) mass is 511 g/mol. The molecule has 2 aliphatic rings. The first-order valence-electron chi connectivity index (χ1n) is 11.1. The molecule has 33 heavy (non-hydrogen) atoms. The van der Waals surface area contributed by atoms with Gasteiger partial charge in [0.15, 0.2) is 5.78 Å². The third-order valence-corrected chi connectivity index (χ3v) is 7.25. The van der Waals surface area contributed by atoms with Crippen LogP contribution in [0.15, 0.2) is 40.9 Å². The summed E-state index contributed by atoms with van der Waals surface area (Å²) in [6.45, 7) is 2.31. The molecular formula is C25H26BrN3O4. The van der Waals surface area contributed by atoms with Gasteiger partial charge in [-0.3, -0.25) is 19.7 Å². The molecule has 8 heteroatoms. The fourth-order valence-electron chi connectivity index (χ4n) is 4.47. The number of benzene rings is 2. The Kier molecular flexibility index (Phi) is 6.93. The molecule has 1 aliphatic carbocycles. The average Bonchev–Trinajstić information content (AvgIpc) is 3.09. The van der Waals surface area contributed by atoms with E-state index in [1.54, 1.807) is 0 Å². The Bertz CT molecular complexity index is 1130. The SMILES string of the molecule is Cc1cc(NC(=O)NCc2ccc3c(c2)CC(CCC2CCC(=O)NC2=O)C3=O)ccc1Br. The molecule has 4 rings (SSSR count). The van der Waals surface area contributed by atoms with Crippen molar-refractivity contribution in [1.82, 2.24) is 10.6 Å². The van der Waals surface area contributed by atoms with Crippen molar-refractivity contribution in [2.75, 3.05) is 5.32 Å². The molecule has 4 amide bonds. The van der Waals surface area contributed by atoms with E-state index in [1.165, 1.54) is 0 Å². The molecule has 0 aromatic heterocycles. The van der Waals surface area contributed by atoms with Crippen LogP contribution in [0.3, 0.4) is 0 Å². The third-order valence-electron chi connectivity index (χ3n) is 6.36. The van der Waals surface area contributed by atoms with Crippen LogP contribution in [0.25, 0.3) is 0 Å². The highest BCUT2D eigenvalue weighted by molar-refractivity contribution is 9.10. The number of urea groups is 1. The number of ketones is 1. The fourth-order valence-corrected chi connectivity index (χ4v) is 4.72. The van der Waals surface area contributed by atoms with Gasteiger partial charge >= 0.3 is 6.03 Å². The first-order chi connectivity index (χ1) is 15.8. The lowest BCUT2D eigenvalue weighted by Crippen LogP contribution is -2.40. The maximum absolute atomic E-state index is 12.8. The molecule has 1 fully saturated rings. The van der Waals surface area contributed by atoms with Crippen LogP contribution >= 0.6 is 15.9 Å². The molecule has 2 atom stereocenters. The number of hydrogen-bond donors (Lipinski definition) is 3. The summed E-state index contributed by atoms with van der Waals surface area (Å²) in [7, 11) is 0. The van der Waals surface area contributed by atoms with Crippen LogP contribution in [-0.2, 0) is 22.6 Å². The van der Waals surface area contributed by atoms with Crippen LogP contribution in [0.1, 0.15) is 52.7 Å². The predicted octanol–water partition coefficient (Wildman–Crippen LogP) is 4.27. The van der Waals surface area contributed by atoms with Crippen molar-refractivity contribution in [3.63, 3.8) is 0 Å². The van der Waals surface area contributed by atoms with E-state index in [4.69, 9.17) is 0 Å². The van der Waals surface area contributed by atoms with Crippen LogP contribution < -0.4 is 16.0 Å². The van der Waals surface area contributed by atoms with Crippen LogP contribution in [-0.4, -0.2) is 23.6 Å². The minimum atomic E-state index is -0.296. The minimum absolute atomic E-state index is 0.111. The highest BCUT2D eigenvalue weighted by Crippen LogP contribution is 2.32. The van der Waals surface area contributed by atoms with Crippen LogP contribution in [0.5, 0.6) is 0 Å². The van der Waals surface area contributed by atoms with Crippen LogP contribution in [0.2, 0.25) is 0 Å². The molecule has 7 nitrogen and oxygen atoms in total.